The van der Waals surface area contributed by atoms with E-state index in [-0.39, 0.29) is 11.8 Å². The van der Waals surface area contributed by atoms with Gasteiger partial charge in [-0.1, -0.05) is 24.3 Å². The second-order valence-corrected chi connectivity index (χ2v) is 7.62. The Bertz CT molecular complexity index is 1180. The number of hydrogen-bond acceptors (Lipinski definition) is 6. The van der Waals surface area contributed by atoms with Crippen molar-refractivity contribution in [1.29, 1.82) is 0 Å². The number of amides is 2. The highest BCUT2D eigenvalue weighted by Gasteiger charge is 2.42. The number of carbonyl (C=O) groups is 2. The van der Waals surface area contributed by atoms with Gasteiger partial charge in [-0.2, -0.15) is 0 Å². The van der Waals surface area contributed by atoms with E-state index in [0.29, 0.717) is 34.2 Å². The van der Waals surface area contributed by atoms with Crippen molar-refractivity contribution in [2.45, 2.75) is 12.0 Å². The highest BCUT2D eigenvalue weighted by Crippen LogP contribution is 2.44. The standard InChI is InChI=1S/C25H25N3O5/c1-28-23(15-9-11-19(31-2)20(13-15)32-3)22(17-7-5-6-8-18(17)25(28)30)24(29)27-16-10-12-21(33-4)26-14-16/h5-14,22-23H,1-4H3,(H,27,29)/t22-,23+/m0/s1. The molecule has 2 amide bonds. The minimum absolute atomic E-state index is 0.152. The molecule has 1 aliphatic heterocycles. The maximum atomic E-state index is 13.6. The van der Waals surface area contributed by atoms with Crippen LogP contribution in [-0.4, -0.2) is 50.1 Å². The third-order valence-electron chi connectivity index (χ3n) is 5.82. The Morgan fingerprint density at radius 2 is 1.73 bits per heavy atom. The van der Waals surface area contributed by atoms with Crippen LogP contribution < -0.4 is 19.5 Å². The zero-order valence-electron chi connectivity index (χ0n) is 18.9. The molecule has 4 rings (SSSR count). The zero-order valence-corrected chi connectivity index (χ0v) is 18.9. The first-order valence-corrected chi connectivity index (χ1v) is 10.4. The van der Waals surface area contributed by atoms with Crippen molar-refractivity contribution in [3.8, 4) is 17.4 Å². The second kappa shape index (κ2) is 9.20. The topological polar surface area (TPSA) is 90.0 Å². The molecule has 8 nitrogen and oxygen atoms in total. The van der Waals surface area contributed by atoms with E-state index >= 15 is 0 Å². The van der Waals surface area contributed by atoms with Gasteiger partial charge in [0.1, 0.15) is 0 Å². The van der Waals surface area contributed by atoms with Crippen LogP contribution in [0.1, 0.15) is 33.4 Å². The summed E-state index contributed by atoms with van der Waals surface area (Å²) in [6.07, 6.45) is 1.53. The van der Waals surface area contributed by atoms with E-state index in [1.165, 1.54) is 13.3 Å². The number of nitrogens with one attached hydrogen (secondary N) is 1. The molecule has 1 aromatic heterocycles. The summed E-state index contributed by atoms with van der Waals surface area (Å²) in [5.41, 5.74) is 2.46. The number of anilines is 1. The summed E-state index contributed by atoms with van der Waals surface area (Å²) in [6, 6.07) is 15.5. The van der Waals surface area contributed by atoms with Gasteiger partial charge in [-0.15, -0.1) is 0 Å². The Hall–Kier alpha value is -4.07. The molecule has 1 aliphatic rings. The third kappa shape index (κ3) is 4.07. The molecule has 0 saturated carbocycles. The van der Waals surface area contributed by atoms with Crippen LogP contribution in [0.25, 0.3) is 0 Å². The lowest BCUT2D eigenvalue weighted by atomic mass is 9.79. The van der Waals surface area contributed by atoms with Crippen LogP contribution in [0.4, 0.5) is 5.69 Å². The number of fused-ring (bicyclic) bond motifs is 1. The first kappa shape index (κ1) is 22.1. The smallest absolute Gasteiger partial charge is 0.254 e. The van der Waals surface area contributed by atoms with Crippen molar-refractivity contribution < 1.29 is 23.8 Å². The maximum Gasteiger partial charge on any atom is 0.254 e. The molecule has 0 spiro atoms. The monoisotopic (exact) mass is 447 g/mol. The molecule has 1 N–H and O–H groups in total. The molecule has 8 heteroatoms. The molecule has 0 aliphatic carbocycles. The molecule has 3 aromatic rings. The van der Waals surface area contributed by atoms with E-state index in [9.17, 15) is 9.59 Å². The number of rotatable bonds is 6. The van der Waals surface area contributed by atoms with Crippen molar-refractivity contribution in [1.82, 2.24) is 9.88 Å². The first-order chi connectivity index (χ1) is 16.0. The van der Waals surface area contributed by atoms with Gasteiger partial charge in [-0.3, -0.25) is 9.59 Å². The van der Waals surface area contributed by atoms with Gasteiger partial charge >= 0.3 is 0 Å². The summed E-state index contributed by atoms with van der Waals surface area (Å²) in [4.78, 5) is 32.6. The van der Waals surface area contributed by atoms with Crippen LogP contribution in [0.5, 0.6) is 17.4 Å². The number of ether oxygens (including phenoxy) is 3. The Morgan fingerprint density at radius 3 is 2.39 bits per heavy atom. The summed E-state index contributed by atoms with van der Waals surface area (Å²) < 4.78 is 15.9. The van der Waals surface area contributed by atoms with Crippen molar-refractivity contribution in [2.75, 3.05) is 33.7 Å². The summed E-state index contributed by atoms with van der Waals surface area (Å²) in [7, 11) is 6.34. The molecule has 0 saturated heterocycles. The Morgan fingerprint density at radius 1 is 0.970 bits per heavy atom. The highest BCUT2D eigenvalue weighted by atomic mass is 16.5. The van der Waals surface area contributed by atoms with Gasteiger partial charge in [0.15, 0.2) is 11.5 Å². The average molecular weight is 447 g/mol. The van der Waals surface area contributed by atoms with Crippen LogP contribution in [0.2, 0.25) is 0 Å². The number of carbonyl (C=O) groups excluding carboxylic acids is 2. The van der Waals surface area contributed by atoms with Gasteiger partial charge in [-0.25, -0.2) is 4.98 Å². The first-order valence-electron chi connectivity index (χ1n) is 10.4. The fourth-order valence-corrected chi connectivity index (χ4v) is 4.21. The summed E-state index contributed by atoms with van der Waals surface area (Å²) in [6.45, 7) is 0. The van der Waals surface area contributed by atoms with Gasteiger partial charge in [0.2, 0.25) is 11.8 Å². The zero-order chi connectivity index (χ0) is 23.5. The number of methoxy groups -OCH3 is 3. The van der Waals surface area contributed by atoms with Gasteiger partial charge in [0.25, 0.3) is 5.91 Å². The molecular weight excluding hydrogens is 422 g/mol. The van der Waals surface area contributed by atoms with Crippen LogP contribution in [0, 0.1) is 0 Å². The number of hydrogen-bond donors (Lipinski definition) is 1. The largest absolute Gasteiger partial charge is 0.493 e. The molecule has 0 unspecified atom stereocenters. The van der Waals surface area contributed by atoms with Crippen LogP contribution in [0.3, 0.4) is 0 Å². The number of pyridine rings is 1. The molecule has 0 radical (unpaired) electrons. The van der Waals surface area contributed by atoms with E-state index in [1.54, 1.807) is 62.6 Å². The van der Waals surface area contributed by atoms with E-state index in [0.717, 1.165) is 5.56 Å². The number of benzene rings is 2. The Labute approximate surface area is 192 Å². The predicted molar refractivity (Wildman–Crippen MR) is 123 cm³/mol. The number of aromatic nitrogens is 1. The lowest BCUT2D eigenvalue weighted by Crippen LogP contribution is -2.44. The average Bonchev–Trinajstić information content (AvgIpc) is 2.86. The van der Waals surface area contributed by atoms with Crippen LogP contribution in [-0.2, 0) is 4.79 Å². The van der Waals surface area contributed by atoms with Crippen molar-refractivity contribution in [2.24, 2.45) is 0 Å². The lowest BCUT2D eigenvalue weighted by Gasteiger charge is -2.39. The maximum absolute atomic E-state index is 13.6. The van der Waals surface area contributed by atoms with Gasteiger partial charge < -0.3 is 24.4 Å². The minimum Gasteiger partial charge on any atom is -0.493 e. The number of nitrogens with zero attached hydrogens (tertiary/aromatic N) is 2. The molecule has 2 heterocycles. The highest BCUT2D eigenvalue weighted by molar-refractivity contribution is 6.04. The third-order valence-corrected chi connectivity index (χ3v) is 5.82. The van der Waals surface area contributed by atoms with Gasteiger partial charge in [0.05, 0.1) is 45.2 Å². The number of likely N-dealkylation sites (N-methyl/N-ethyl adjacent to an activating group) is 1. The lowest BCUT2D eigenvalue weighted by molar-refractivity contribution is -0.119. The summed E-state index contributed by atoms with van der Waals surface area (Å²) in [5.74, 6) is 0.465. The minimum atomic E-state index is -0.663. The van der Waals surface area contributed by atoms with Crippen molar-refractivity contribution in [3.63, 3.8) is 0 Å². The quantitative estimate of drug-likeness (QED) is 0.620. The summed E-state index contributed by atoms with van der Waals surface area (Å²) in [5, 5.41) is 2.94. The van der Waals surface area contributed by atoms with Crippen LogP contribution >= 0.6 is 0 Å². The molecule has 2 atom stereocenters. The van der Waals surface area contributed by atoms with Crippen molar-refractivity contribution in [3.05, 3.63) is 77.5 Å². The normalized spacial score (nSPS) is 17.2. The fraction of sp³-hybridized carbons (Fsp3) is 0.240. The molecular formula is C25H25N3O5. The van der Waals surface area contributed by atoms with Gasteiger partial charge in [0, 0.05) is 18.7 Å². The second-order valence-electron chi connectivity index (χ2n) is 7.62. The van der Waals surface area contributed by atoms with Gasteiger partial charge in [-0.05, 0) is 35.4 Å². The van der Waals surface area contributed by atoms with E-state index in [4.69, 9.17) is 14.2 Å². The van der Waals surface area contributed by atoms with E-state index in [2.05, 4.69) is 10.3 Å². The van der Waals surface area contributed by atoms with Crippen molar-refractivity contribution >= 4 is 17.5 Å². The van der Waals surface area contributed by atoms with E-state index < -0.39 is 12.0 Å². The Balaban J connectivity index is 1.79. The summed E-state index contributed by atoms with van der Waals surface area (Å²) >= 11 is 0. The SMILES string of the molecule is COc1ccc(NC(=O)[C@H]2c3ccccc3C(=O)N(C)[C@@H]2c2ccc(OC)c(OC)c2)cn1. The van der Waals surface area contributed by atoms with Crippen LogP contribution in [0.15, 0.2) is 60.8 Å². The fourth-order valence-electron chi connectivity index (χ4n) is 4.21. The molecule has 2 aromatic carbocycles. The molecule has 0 fully saturated rings. The predicted octanol–water partition coefficient (Wildman–Crippen LogP) is 3.66. The Kier molecular flexibility index (Phi) is 6.17. The van der Waals surface area contributed by atoms with E-state index in [1.807, 2.05) is 18.2 Å². The molecule has 0 bridgehead atoms. The molecule has 170 valence electrons. The molecule has 33 heavy (non-hydrogen) atoms.